The minimum absolute atomic E-state index is 0.247. The van der Waals surface area contributed by atoms with Gasteiger partial charge in [-0.15, -0.1) is 0 Å². The summed E-state index contributed by atoms with van der Waals surface area (Å²) >= 11 is 0. The highest BCUT2D eigenvalue weighted by atomic mass is 16.5. The van der Waals surface area contributed by atoms with Crippen LogP contribution in [0.4, 0.5) is 0 Å². The van der Waals surface area contributed by atoms with E-state index in [4.69, 9.17) is 4.74 Å². The minimum Gasteiger partial charge on any atom is -0.463 e. The van der Waals surface area contributed by atoms with E-state index in [1.54, 1.807) is 6.08 Å². The lowest BCUT2D eigenvalue weighted by Gasteiger charge is -2.29. The molecular formula is C10H18N2O2. The van der Waals surface area contributed by atoms with Crippen LogP contribution in [-0.2, 0) is 9.53 Å². The van der Waals surface area contributed by atoms with Crippen LogP contribution in [0.5, 0.6) is 0 Å². The Labute approximate surface area is 84.9 Å². The third kappa shape index (κ3) is 3.38. The van der Waals surface area contributed by atoms with E-state index in [-0.39, 0.29) is 5.97 Å². The summed E-state index contributed by atoms with van der Waals surface area (Å²) in [6.07, 6.45) is 1.56. The van der Waals surface area contributed by atoms with Gasteiger partial charge >= 0.3 is 5.97 Å². The summed E-state index contributed by atoms with van der Waals surface area (Å²) in [6.45, 7) is 8.07. The van der Waals surface area contributed by atoms with Gasteiger partial charge in [0, 0.05) is 38.0 Å². The zero-order chi connectivity index (χ0) is 10.4. The number of allylic oxidation sites excluding steroid dienone is 1. The molecule has 0 bridgehead atoms. The molecule has 0 aromatic rings. The van der Waals surface area contributed by atoms with Crippen molar-refractivity contribution in [1.29, 1.82) is 0 Å². The molecule has 4 heteroatoms. The summed E-state index contributed by atoms with van der Waals surface area (Å²) in [6, 6.07) is 0. The van der Waals surface area contributed by atoms with Gasteiger partial charge in [0.25, 0.3) is 0 Å². The van der Waals surface area contributed by atoms with Crippen molar-refractivity contribution >= 4 is 5.97 Å². The molecule has 4 nitrogen and oxygen atoms in total. The Balaban J connectivity index is 2.44. The molecule has 1 N–H and O–H groups in total. The second-order valence-electron chi connectivity index (χ2n) is 3.27. The van der Waals surface area contributed by atoms with Crippen LogP contribution in [0.1, 0.15) is 13.8 Å². The van der Waals surface area contributed by atoms with Crippen LogP contribution in [0.2, 0.25) is 0 Å². The van der Waals surface area contributed by atoms with Gasteiger partial charge in [-0.2, -0.15) is 0 Å². The Morgan fingerprint density at radius 1 is 1.50 bits per heavy atom. The van der Waals surface area contributed by atoms with Crippen LogP contribution in [0, 0.1) is 0 Å². The van der Waals surface area contributed by atoms with Gasteiger partial charge in [-0.05, 0) is 13.8 Å². The van der Waals surface area contributed by atoms with Gasteiger partial charge in [0.2, 0.25) is 0 Å². The fourth-order valence-corrected chi connectivity index (χ4v) is 1.46. The molecule has 0 unspecified atom stereocenters. The number of esters is 1. The molecule has 1 saturated heterocycles. The quantitative estimate of drug-likeness (QED) is 0.525. The van der Waals surface area contributed by atoms with Gasteiger partial charge < -0.3 is 15.0 Å². The molecule has 0 radical (unpaired) electrons. The molecule has 0 aromatic heterocycles. The van der Waals surface area contributed by atoms with E-state index in [0.29, 0.717) is 6.61 Å². The number of piperazine rings is 1. The van der Waals surface area contributed by atoms with E-state index >= 15 is 0 Å². The first kappa shape index (κ1) is 11.0. The Morgan fingerprint density at radius 3 is 2.71 bits per heavy atom. The van der Waals surface area contributed by atoms with Crippen molar-refractivity contribution in [3.8, 4) is 0 Å². The molecule has 0 spiro atoms. The van der Waals surface area contributed by atoms with E-state index in [1.807, 2.05) is 13.8 Å². The van der Waals surface area contributed by atoms with Gasteiger partial charge in [0.15, 0.2) is 0 Å². The normalized spacial score (nSPS) is 18.1. The highest BCUT2D eigenvalue weighted by Gasteiger charge is 2.10. The van der Waals surface area contributed by atoms with Crippen LogP contribution < -0.4 is 5.32 Å². The fourth-order valence-electron chi connectivity index (χ4n) is 1.46. The number of hydrogen-bond acceptors (Lipinski definition) is 4. The van der Waals surface area contributed by atoms with Crippen LogP contribution in [-0.4, -0.2) is 43.7 Å². The van der Waals surface area contributed by atoms with Crippen molar-refractivity contribution in [3.63, 3.8) is 0 Å². The smallest absolute Gasteiger partial charge is 0.332 e. The van der Waals surface area contributed by atoms with E-state index in [0.717, 1.165) is 31.9 Å². The number of rotatable bonds is 3. The molecule has 1 aliphatic heterocycles. The van der Waals surface area contributed by atoms with Crippen molar-refractivity contribution in [3.05, 3.63) is 11.8 Å². The van der Waals surface area contributed by atoms with Gasteiger partial charge in [-0.3, -0.25) is 0 Å². The molecule has 0 aromatic carbocycles. The molecule has 1 rings (SSSR count). The number of hydrogen-bond donors (Lipinski definition) is 1. The highest BCUT2D eigenvalue weighted by molar-refractivity contribution is 5.82. The van der Waals surface area contributed by atoms with Crippen molar-refractivity contribution in [2.45, 2.75) is 13.8 Å². The monoisotopic (exact) mass is 198 g/mol. The molecular weight excluding hydrogens is 180 g/mol. The fraction of sp³-hybridized carbons (Fsp3) is 0.700. The Hall–Kier alpha value is -1.03. The Bertz CT molecular complexity index is 220. The molecule has 1 fully saturated rings. The number of nitrogens with zero attached hydrogens (tertiary/aromatic N) is 1. The maximum Gasteiger partial charge on any atom is 0.332 e. The predicted octanol–water partition coefficient (Wildman–Crippen LogP) is 0.359. The van der Waals surface area contributed by atoms with Crippen LogP contribution >= 0.6 is 0 Å². The first-order chi connectivity index (χ1) is 6.74. The molecule has 1 heterocycles. The number of nitrogens with one attached hydrogen (secondary N) is 1. The summed E-state index contributed by atoms with van der Waals surface area (Å²) in [5.74, 6) is -0.247. The molecule has 14 heavy (non-hydrogen) atoms. The lowest BCUT2D eigenvalue weighted by atomic mass is 10.3. The summed E-state index contributed by atoms with van der Waals surface area (Å²) in [7, 11) is 0. The van der Waals surface area contributed by atoms with E-state index < -0.39 is 0 Å². The minimum atomic E-state index is -0.247. The van der Waals surface area contributed by atoms with Crippen LogP contribution in [0.25, 0.3) is 0 Å². The lowest BCUT2D eigenvalue weighted by molar-refractivity contribution is -0.137. The van der Waals surface area contributed by atoms with Crippen molar-refractivity contribution in [2.24, 2.45) is 0 Å². The first-order valence-corrected chi connectivity index (χ1v) is 5.04. The van der Waals surface area contributed by atoms with Gasteiger partial charge in [-0.1, -0.05) is 0 Å². The van der Waals surface area contributed by atoms with E-state index in [9.17, 15) is 4.79 Å². The van der Waals surface area contributed by atoms with Crippen molar-refractivity contribution in [2.75, 3.05) is 32.8 Å². The van der Waals surface area contributed by atoms with Gasteiger partial charge in [-0.25, -0.2) is 4.79 Å². The van der Waals surface area contributed by atoms with Crippen molar-refractivity contribution in [1.82, 2.24) is 10.2 Å². The summed E-state index contributed by atoms with van der Waals surface area (Å²) < 4.78 is 4.85. The summed E-state index contributed by atoms with van der Waals surface area (Å²) in [5.41, 5.74) is 0.991. The second-order valence-corrected chi connectivity index (χ2v) is 3.27. The van der Waals surface area contributed by atoms with Crippen LogP contribution in [0.15, 0.2) is 11.8 Å². The topological polar surface area (TPSA) is 41.6 Å². The average Bonchev–Trinajstić information content (AvgIpc) is 2.19. The summed E-state index contributed by atoms with van der Waals surface area (Å²) in [5, 5.41) is 3.26. The molecule has 0 aliphatic carbocycles. The average molecular weight is 198 g/mol. The van der Waals surface area contributed by atoms with E-state index in [2.05, 4.69) is 10.2 Å². The third-order valence-electron chi connectivity index (χ3n) is 2.23. The Morgan fingerprint density at radius 2 is 2.14 bits per heavy atom. The Kier molecular flexibility index (Phi) is 4.46. The number of carbonyl (C=O) groups is 1. The predicted molar refractivity (Wildman–Crippen MR) is 54.8 cm³/mol. The van der Waals surface area contributed by atoms with Crippen molar-refractivity contribution < 1.29 is 9.53 Å². The molecule has 0 atom stereocenters. The molecule has 0 amide bonds. The number of ether oxygens (including phenoxy) is 1. The zero-order valence-corrected chi connectivity index (χ0v) is 8.88. The molecule has 0 saturated carbocycles. The molecule has 80 valence electrons. The van der Waals surface area contributed by atoms with E-state index in [1.165, 1.54) is 0 Å². The maximum absolute atomic E-state index is 11.2. The SMILES string of the molecule is CCOC(=O)C=C(C)N1CCNCC1. The standard InChI is InChI=1S/C10H18N2O2/c1-3-14-10(13)8-9(2)12-6-4-11-5-7-12/h8,11H,3-7H2,1-2H3. The molecule has 1 aliphatic rings. The van der Waals surface area contributed by atoms with Crippen LogP contribution in [0.3, 0.4) is 0 Å². The second kappa shape index (κ2) is 5.65. The third-order valence-corrected chi connectivity index (χ3v) is 2.23. The zero-order valence-electron chi connectivity index (χ0n) is 8.88. The number of carbonyl (C=O) groups excluding carboxylic acids is 1. The maximum atomic E-state index is 11.2. The summed E-state index contributed by atoms with van der Waals surface area (Å²) in [4.78, 5) is 13.3. The highest BCUT2D eigenvalue weighted by Crippen LogP contribution is 2.04. The van der Waals surface area contributed by atoms with Gasteiger partial charge in [0.05, 0.1) is 6.61 Å². The lowest BCUT2D eigenvalue weighted by Crippen LogP contribution is -2.42. The largest absolute Gasteiger partial charge is 0.463 e. The first-order valence-electron chi connectivity index (χ1n) is 5.04. The van der Waals surface area contributed by atoms with Gasteiger partial charge in [0.1, 0.15) is 0 Å².